The number of nitrogens with one attached hydrogen (secondary N) is 1. The van der Waals surface area contributed by atoms with Gasteiger partial charge in [0.25, 0.3) is 5.91 Å². The van der Waals surface area contributed by atoms with Gasteiger partial charge in [-0.2, -0.15) is 10.4 Å². The largest absolute Gasteiger partial charge is 0.507 e. The highest BCUT2D eigenvalue weighted by Crippen LogP contribution is 2.32. The van der Waals surface area contributed by atoms with E-state index in [0.29, 0.717) is 63.3 Å². The highest BCUT2D eigenvalue weighted by atomic mass is 16.5. The number of fused-ring (bicyclic) bond motifs is 2. The number of likely N-dealkylation sites (tertiary alicyclic amines) is 1. The Morgan fingerprint density at radius 1 is 1.20 bits per heavy atom. The Morgan fingerprint density at radius 3 is 2.89 bits per heavy atom. The van der Waals surface area contributed by atoms with Crippen molar-refractivity contribution >= 4 is 22.7 Å². The molecule has 2 aliphatic rings. The van der Waals surface area contributed by atoms with Crippen LogP contribution in [-0.2, 0) is 24.4 Å². The van der Waals surface area contributed by atoms with Crippen LogP contribution in [0.3, 0.4) is 0 Å². The Hall–Kier alpha value is -4.06. The fraction of sp³-hybridized carbons (Fsp3) is 0.385. The summed E-state index contributed by atoms with van der Waals surface area (Å²) < 4.78 is 5.72. The van der Waals surface area contributed by atoms with E-state index in [1.807, 2.05) is 18.2 Å². The van der Waals surface area contributed by atoms with E-state index in [1.54, 1.807) is 15.9 Å². The molecule has 2 amide bonds. The first-order valence-corrected chi connectivity index (χ1v) is 11.9. The molecule has 5 rings (SSSR count). The van der Waals surface area contributed by atoms with Crippen LogP contribution in [0.15, 0.2) is 30.3 Å². The number of aromatic amines is 1. The van der Waals surface area contributed by atoms with Crippen molar-refractivity contribution in [2.24, 2.45) is 0 Å². The molecular weight excluding hydrogens is 446 g/mol. The number of rotatable bonds is 7. The van der Waals surface area contributed by atoms with E-state index < -0.39 is 0 Å². The molecule has 0 unspecified atom stereocenters. The number of nitriles is 1. The number of piperidine rings is 1. The Balaban J connectivity index is 1.33. The zero-order valence-corrected chi connectivity index (χ0v) is 19.4. The molecule has 1 fully saturated rings. The number of aromatic nitrogens is 2. The van der Waals surface area contributed by atoms with Crippen molar-refractivity contribution in [1.29, 1.82) is 5.26 Å². The lowest BCUT2D eigenvalue weighted by Gasteiger charge is -2.26. The smallest absolute Gasteiger partial charge is 0.258 e. The van der Waals surface area contributed by atoms with Crippen LogP contribution in [0.1, 0.15) is 59.3 Å². The second kappa shape index (κ2) is 9.66. The van der Waals surface area contributed by atoms with Crippen LogP contribution in [0, 0.1) is 11.3 Å². The molecule has 2 N–H and O–H groups in total. The zero-order chi connectivity index (χ0) is 24.4. The summed E-state index contributed by atoms with van der Waals surface area (Å²) >= 11 is 0. The molecule has 1 aromatic heterocycles. The van der Waals surface area contributed by atoms with Crippen LogP contribution in [0.4, 0.5) is 0 Å². The van der Waals surface area contributed by atoms with Crippen LogP contribution in [0.5, 0.6) is 11.5 Å². The van der Waals surface area contributed by atoms with E-state index in [9.17, 15) is 14.7 Å². The van der Waals surface area contributed by atoms with Crippen molar-refractivity contribution in [3.8, 4) is 17.6 Å². The Labute approximate surface area is 202 Å². The number of aromatic hydroxyl groups is 1. The fourth-order valence-electron chi connectivity index (χ4n) is 4.72. The molecule has 0 bridgehead atoms. The number of benzene rings is 2. The first-order chi connectivity index (χ1) is 17.0. The van der Waals surface area contributed by atoms with Crippen molar-refractivity contribution in [3.05, 3.63) is 52.7 Å². The molecule has 9 nitrogen and oxygen atoms in total. The van der Waals surface area contributed by atoms with Gasteiger partial charge in [-0.15, -0.1) is 0 Å². The molecule has 0 spiro atoms. The number of phenolic OH excluding ortho intramolecular Hbond substituents is 1. The molecule has 1 saturated heterocycles. The number of hydrogen-bond acceptors (Lipinski definition) is 6. The van der Waals surface area contributed by atoms with Gasteiger partial charge in [-0.1, -0.05) is 6.07 Å². The standard InChI is InChI=1S/C26H27N5O4/c27-8-2-4-10-35-19-7-6-17-14-31(15-18(17)11-19)26(34)21-12-20-22(13-24(21)32)28-29-23(20)16-30-9-3-1-5-25(30)33/h6-7,11-13,32H,1-5,9-10,14-16H2,(H,28,29). The number of unbranched alkanes of at least 4 members (excludes halogenated alkanes) is 1. The van der Waals surface area contributed by atoms with Gasteiger partial charge in [-0.25, -0.2) is 0 Å². The second-order valence-corrected chi connectivity index (χ2v) is 9.06. The lowest BCUT2D eigenvalue weighted by atomic mass is 10.1. The topological polar surface area (TPSA) is 123 Å². The predicted octanol–water partition coefficient (Wildman–Crippen LogP) is 3.62. The predicted molar refractivity (Wildman–Crippen MR) is 127 cm³/mol. The molecule has 2 aliphatic heterocycles. The molecule has 9 heteroatoms. The van der Waals surface area contributed by atoms with Gasteiger partial charge in [0, 0.05) is 43.9 Å². The van der Waals surface area contributed by atoms with Gasteiger partial charge in [-0.3, -0.25) is 14.7 Å². The van der Waals surface area contributed by atoms with E-state index >= 15 is 0 Å². The number of phenols is 1. The number of H-pyrrole nitrogens is 1. The number of hydrogen-bond donors (Lipinski definition) is 2. The van der Waals surface area contributed by atoms with Gasteiger partial charge in [0.1, 0.15) is 11.5 Å². The number of carbonyl (C=O) groups excluding carboxylic acids is 2. The highest BCUT2D eigenvalue weighted by molar-refractivity contribution is 6.01. The van der Waals surface area contributed by atoms with Crippen LogP contribution >= 0.6 is 0 Å². The van der Waals surface area contributed by atoms with E-state index in [0.717, 1.165) is 35.1 Å². The molecule has 2 aromatic carbocycles. The number of nitrogens with zero attached hydrogens (tertiary/aromatic N) is 4. The van der Waals surface area contributed by atoms with Crippen molar-refractivity contribution in [1.82, 2.24) is 20.0 Å². The van der Waals surface area contributed by atoms with E-state index in [2.05, 4.69) is 16.3 Å². The zero-order valence-electron chi connectivity index (χ0n) is 19.4. The lowest BCUT2D eigenvalue weighted by molar-refractivity contribution is -0.133. The van der Waals surface area contributed by atoms with Crippen molar-refractivity contribution < 1.29 is 19.4 Å². The van der Waals surface area contributed by atoms with E-state index in [-0.39, 0.29) is 23.1 Å². The molecule has 3 heterocycles. The summed E-state index contributed by atoms with van der Waals surface area (Å²) in [6.45, 7) is 2.41. The van der Waals surface area contributed by atoms with Crippen molar-refractivity contribution in [2.75, 3.05) is 13.2 Å². The summed E-state index contributed by atoms with van der Waals surface area (Å²) in [7, 11) is 0. The Kier molecular flexibility index (Phi) is 6.27. The van der Waals surface area contributed by atoms with Gasteiger partial charge >= 0.3 is 0 Å². The van der Waals surface area contributed by atoms with Gasteiger partial charge in [0.05, 0.1) is 36.0 Å². The molecule has 0 radical (unpaired) electrons. The minimum atomic E-state index is -0.265. The summed E-state index contributed by atoms with van der Waals surface area (Å²) in [5.74, 6) is 0.462. The molecule has 0 aliphatic carbocycles. The number of amides is 2. The molecule has 0 atom stereocenters. The first kappa shape index (κ1) is 22.7. The minimum Gasteiger partial charge on any atom is -0.507 e. The third kappa shape index (κ3) is 4.64. The summed E-state index contributed by atoms with van der Waals surface area (Å²) in [6, 6.07) is 11.1. The molecule has 35 heavy (non-hydrogen) atoms. The maximum Gasteiger partial charge on any atom is 0.258 e. The summed E-state index contributed by atoms with van der Waals surface area (Å²) in [5, 5.41) is 27.3. The fourth-order valence-corrected chi connectivity index (χ4v) is 4.72. The quantitative estimate of drug-likeness (QED) is 0.506. The Morgan fingerprint density at radius 2 is 2.06 bits per heavy atom. The SMILES string of the molecule is N#CCCCOc1ccc2c(c1)CN(C(=O)c1cc3c(CN4CCCCC4=O)n[nH]c3cc1O)C2. The van der Waals surface area contributed by atoms with Crippen molar-refractivity contribution in [2.45, 2.75) is 51.7 Å². The van der Waals surface area contributed by atoms with Gasteiger partial charge in [-0.05, 0) is 48.6 Å². The second-order valence-electron chi connectivity index (χ2n) is 9.06. The van der Waals surface area contributed by atoms with Gasteiger partial charge in [0.15, 0.2) is 0 Å². The van der Waals surface area contributed by atoms with E-state index in [1.165, 1.54) is 6.07 Å². The Bertz CT molecular complexity index is 1330. The van der Waals surface area contributed by atoms with Crippen LogP contribution in [0.2, 0.25) is 0 Å². The highest BCUT2D eigenvalue weighted by Gasteiger charge is 2.28. The average molecular weight is 474 g/mol. The van der Waals surface area contributed by atoms with Gasteiger partial charge in [0.2, 0.25) is 5.91 Å². The van der Waals surface area contributed by atoms with Crippen LogP contribution < -0.4 is 4.74 Å². The lowest BCUT2D eigenvalue weighted by Crippen LogP contribution is -2.34. The van der Waals surface area contributed by atoms with Crippen LogP contribution in [-0.4, -0.2) is 50.1 Å². The van der Waals surface area contributed by atoms with Gasteiger partial charge < -0.3 is 19.6 Å². The monoisotopic (exact) mass is 473 g/mol. The molecule has 0 saturated carbocycles. The number of ether oxygens (including phenoxy) is 1. The summed E-state index contributed by atoms with van der Waals surface area (Å²) in [5.41, 5.74) is 3.57. The number of carbonyl (C=O) groups is 2. The minimum absolute atomic E-state index is 0.107. The molecule has 180 valence electrons. The third-order valence-corrected chi connectivity index (χ3v) is 6.64. The first-order valence-electron chi connectivity index (χ1n) is 11.9. The van der Waals surface area contributed by atoms with E-state index in [4.69, 9.17) is 10.00 Å². The maximum absolute atomic E-state index is 13.4. The average Bonchev–Trinajstić information content (AvgIpc) is 3.46. The maximum atomic E-state index is 13.4. The van der Waals surface area contributed by atoms with Crippen LogP contribution in [0.25, 0.3) is 10.9 Å². The molecular formula is C26H27N5O4. The summed E-state index contributed by atoms with van der Waals surface area (Å²) in [6.07, 6.45) is 3.56. The summed E-state index contributed by atoms with van der Waals surface area (Å²) in [4.78, 5) is 29.1. The third-order valence-electron chi connectivity index (χ3n) is 6.64. The van der Waals surface area contributed by atoms with Crippen molar-refractivity contribution in [3.63, 3.8) is 0 Å². The molecule has 3 aromatic rings. The normalized spacial score (nSPS) is 15.3.